The van der Waals surface area contributed by atoms with Crippen LogP contribution in [0.1, 0.15) is 0 Å². The molecule has 0 aliphatic heterocycles. The molecule has 5 nitrogen and oxygen atoms in total. The van der Waals surface area contributed by atoms with E-state index < -0.39 is 16.6 Å². The first-order valence-corrected chi connectivity index (χ1v) is 5.64. The van der Waals surface area contributed by atoms with Gasteiger partial charge in [0.05, 0.1) is 6.61 Å². The highest BCUT2D eigenvalue weighted by molar-refractivity contribution is 6.56. The predicted molar refractivity (Wildman–Crippen MR) is 65.1 cm³/mol. The monoisotopic (exact) mass is 283 g/mol. The van der Waals surface area contributed by atoms with Gasteiger partial charge in [-0.25, -0.2) is 4.79 Å². The first-order valence-electron chi connectivity index (χ1n) is 4.76. The molecule has 0 aromatic rings. The lowest BCUT2D eigenvalue weighted by molar-refractivity contribution is -0.141. The van der Waals surface area contributed by atoms with E-state index in [9.17, 15) is 9.59 Å². The van der Waals surface area contributed by atoms with Crippen LogP contribution in [0.5, 0.6) is 0 Å². The molecule has 0 radical (unpaired) electrons. The number of hydrogen-bond donors (Lipinski definition) is 0. The van der Waals surface area contributed by atoms with Crippen molar-refractivity contribution in [1.29, 1.82) is 0 Å². The standard InChI is InChI=1S/C10H15Cl2NO4/c1-13(2)6-7(8(14)9(11)12)10(15)17-5-4-16-3/h6,9H,4-5H2,1-3H3. The van der Waals surface area contributed by atoms with Crippen molar-refractivity contribution in [3.05, 3.63) is 11.8 Å². The number of rotatable bonds is 7. The van der Waals surface area contributed by atoms with Crippen LogP contribution in [0.2, 0.25) is 0 Å². The van der Waals surface area contributed by atoms with Crippen molar-refractivity contribution in [2.24, 2.45) is 0 Å². The average molecular weight is 284 g/mol. The van der Waals surface area contributed by atoms with Gasteiger partial charge in [-0.05, 0) is 0 Å². The van der Waals surface area contributed by atoms with Gasteiger partial charge in [0.1, 0.15) is 12.2 Å². The molecule has 0 N–H and O–H groups in total. The Morgan fingerprint density at radius 1 is 1.29 bits per heavy atom. The Balaban J connectivity index is 4.70. The number of methoxy groups -OCH3 is 1. The van der Waals surface area contributed by atoms with E-state index in [4.69, 9.17) is 32.7 Å². The zero-order valence-corrected chi connectivity index (χ0v) is 11.4. The molecule has 0 spiro atoms. The highest BCUT2D eigenvalue weighted by Gasteiger charge is 2.25. The molecule has 0 atom stereocenters. The SMILES string of the molecule is COCCOC(=O)C(=CN(C)C)C(=O)C(Cl)Cl. The largest absolute Gasteiger partial charge is 0.460 e. The molecule has 0 saturated carbocycles. The Labute approximate surface area is 110 Å². The second-order valence-electron chi connectivity index (χ2n) is 3.30. The molecule has 0 aliphatic rings. The number of esters is 1. The predicted octanol–water partition coefficient (Wildman–Crippen LogP) is 0.994. The lowest BCUT2D eigenvalue weighted by Gasteiger charge is -2.11. The molecule has 0 bridgehead atoms. The fourth-order valence-corrected chi connectivity index (χ4v) is 1.12. The molecule has 0 fully saturated rings. The molecular formula is C10H15Cl2NO4. The lowest BCUT2D eigenvalue weighted by Crippen LogP contribution is -2.23. The highest BCUT2D eigenvalue weighted by atomic mass is 35.5. The van der Waals surface area contributed by atoms with Gasteiger partial charge in [0.2, 0.25) is 5.78 Å². The van der Waals surface area contributed by atoms with E-state index in [-0.39, 0.29) is 18.8 Å². The van der Waals surface area contributed by atoms with Gasteiger partial charge in [0, 0.05) is 27.4 Å². The van der Waals surface area contributed by atoms with Crippen LogP contribution in [-0.4, -0.2) is 55.9 Å². The van der Waals surface area contributed by atoms with E-state index in [1.807, 2.05) is 0 Å². The van der Waals surface area contributed by atoms with Crippen LogP contribution in [0.4, 0.5) is 0 Å². The van der Waals surface area contributed by atoms with Crippen LogP contribution in [0.15, 0.2) is 11.8 Å². The Bertz CT molecular complexity index is 303. The third-order valence-electron chi connectivity index (χ3n) is 1.59. The van der Waals surface area contributed by atoms with Crippen molar-refractivity contribution in [2.45, 2.75) is 4.84 Å². The summed E-state index contributed by atoms with van der Waals surface area (Å²) in [5.41, 5.74) is -0.193. The van der Waals surface area contributed by atoms with E-state index in [1.165, 1.54) is 18.2 Å². The molecule has 0 aromatic heterocycles. The smallest absolute Gasteiger partial charge is 0.343 e. The van der Waals surface area contributed by atoms with Crippen LogP contribution in [0, 0.1) is 0 Å². The summed E-state index contributed by atoms with van der Waals surface area (Å²) in [6.07, 6.45) is 1.31. The zero-order valence-electron chi connectivity index (χ0n) is 9.91. The minimum atomic E-state index is -1.30. The summed E-state index contributed by atoms with van der Waals surface area (Å²) in [4.78, 5) is 23.4. The van der Waals surface area contributed by atoms with Crippen LogP contribution >= 0.6 is 23.2 Å². The van der Waals surface area contributed by atoms with Crippen molar-refractivity contribution in [1.82, 2.24) is 4.90 Å². The molecular weight excluding hydrogens is 269 g/mol. The molecule has 0 unspecified atom stereocenters. The van der Waals surface area contributed by atoms with Gasteiger partial charge in [-0.2, -0.15) is 0 Å². The first kappa shape index (κ1) is 16.2. The molecule has 98 valence electrons. The first-order chi connectivity index (χ1) is 7.90. The van der Waals surface area contributed by atoms with Crippen LogP contribution in [0.3, 0.4) is 0 Å². The van der Waals surface area contributed by atoms with Crippen molar-refractivity contribution < 1.29 is 19.1 Å². The number of carbonyl (C=O) groups is 2. The summed E-state index contributed by atoms with van der Waals surface area (Å²) in [5, 5.41) is 0. The highest BCUT2D eigenvalue weighted by Crippen LogP contribution is 2.12. The van der Waals surface area contributed by atoms with E-state index in [0.717, 1.165) is 0 Å². The summed E-state index contributed by atoms with van der Waals surface area (Å²) in [5.74, 6) is -1.46. The van der Waals surface area contributed by atoms with Crippen LogP contribution < -0.4 is 0 Å². The number of ketones is 1. The molecule has 0 aromatic carbocycles. The number of carbonyl (C=O) groups excluding carboxylic acids is 2. The van der Waals surface area contributed by atoms with Crippen LogP contribution in [-0.2, 0) is 19.1 Å². The summed E-state index contributed by atoms with van der Waals surface area (Å²) in [6, 6.07) is 0. The summed E-state index contributed by atoms with van der Waals surface area (Å²) >= 11 is 10.9. The third kappa shape index (κ3) is 6.51. The Kier molecular flexibility index (Phi) is 7.95. The van der Waals surface area contributed by atoms with Crippen LogP contribution in [0.25, 0.3) is 0 Å². The summed E-state index contributed by atoms with van der Waals surface area (Å²) in [7, 11) is 4.80. The summed E-state index contributed by atoms with van der Waals surface area (Å²) < 4.78 is 9.54. The summed E-state index contributed by atoms with van der Waals surface area (Å²) in [6.45, 7) is 0.309. The minimum Gasteiger partial charge on any atom is -0.460 e. The number of hydrogen-bond acceptors (Lipinski definition) is 5. The number of halogens is 2. The Hall–Kier alpha value is -0.780. The van der Waals surface area contributed by atoms with E-state index in [2.05, 4.69) is 0 Å². The van der Waals surface area contributed by atoms with Crippen molar-refractivity contribution in [3.8, 4) is 0 Å². The maximum Gasteiger partial charge on any atom is 0.343 e. The second-order valence-corrected chi connectivity index (χ2v) is 4.40. The van der Waals surface area contributed by atoms with Gasteiger partial charge in [-0.15, -0.1) is 0 Å². The topological polar surface area (TPSA) is 55.8 Å². The maximum atomic E-state index is 11.6. The van der Waals surface area contributed by atoms with Crippen molar-refractivity contribution in [3.63, 3.8) is 0 Å². The van der Waals surface area contributed by atoms with Crippen molar-refractivity contribution >= 4 is 35.0 Å². The molecule has 0 heterocycles. The normalized spacial score (nSPS) is 11.5. The van der Waals surface area contributed by atoms with E-state index >= 15 is 0 Å². The molecule has 7 heteroatoms. The van der Waals surface area contributed by atoms with Gasteiger partial charge >= 0.3 is 5.97 Å². The van der Waals surface area contributed by atoms with Gasteiger partial charge in [-0.1, -0.05) is 23.2 Å². The maximum absolute atomic E-state index is 11.6. The fourth-order valence-electron chi connectivity index (χ4n) is 0.888. The fraction of sp³-hybridized carbons (Fsp3) is 0.600. The Morgan fingerprint density at radius 2 is 1.88 bits per heavy atom. The molecule has 0 saturated heterocycles. The number of alkyl halides is 2. The quantitative estimate of drug-likeness (QED) is 0.174. The zero-order chi connectivity index (χ0) is 13.4. The van der Waals surface area contributed by atoms with Gasteiger partial charge in [0.25, 0.3) is 0 Å². The molecule has 0 amide bonds. The second kappa shape index (κ2) is 8.33. The number of ether oxygens (including phenoxy) is 2. The van der Waals surface area contributed by atoms with Gasteiger partial charge in [-0.3, -0.25) is 4.79 Å². The average Bonchev–Trinajstić information content (AvgIpc) is 2.24. The van der Waals surface area contributed by atoms with E-state index in [0.29, 0.717) is 0 Å². The minimum absolute atomic E-state index is 0.0582. The third-order valence-corrected chi connectivity index (χ3v) is 1.99. The molecule has 0 aliphatic carbocycles. The molecule has 0 rings (SSSR count). The Morgan fingerprint density at radius 3 is 2.29 bits per heavy atom. The number of nitrogens with zero attached hydrogens (tertiary/aromatic N) is 1. The van der Waals surface area contributed by atoms with Gasteiger partial charge < -0.3 is 14.4 Å². The van der Waals surface area contributed by atoms with E-state index in [1.54, 1.807) is 14.1 Å². The number of Topliss-reactive ketones (excluding diaryl/α,β-unsaturated/α-hetero) is 1. The molecule has 17 heavy (non-hydrogen) atoms. The van der Waals surface area contributed by atoms with Crippen molar-refractivity contribution in [2.75, 3.05) is 34.4 Å². The van der Waals surface area contributed by atoms with Gasteiger partial charge in [0.15, 0.2) is 4.84 Å². The lowest BCUT2D eigenvalue weighted by atomic mass is 10.2.